The van der Waals surface area contributed by atoms with Crippen LogP contribution in [-0.4, -0.2) is 133 Å². The molecular formula is C45H53F3N12O6. The number of morpholine rings is 1. The third-order valence-electron chi connectivity index (χ3n) is 14.7. The van der Waals surface area contributed by atoms with E-state index in [1.54, 1.807) is 22.5 Å². The normalized spacial score (nSPS) is 27.4. The lowest BCUT2D eigenvalue weighted by atomic mass is 9.85. The van der Waals surface area contributed by atoms with Crippen LogP contribution in [0.1, 0.15) is 85.9 Å². The number of alkyl halides is 3. The summed E-state index contributed by atoms with van der Waals surface area (Å²) < 4.78 is 62.2. The van der Waals surface area contributed by atoms with Crippen LogP contribution in [0, 0.1) is 11.8 Å². The second kappa shape index (κ2) is 17.1. The highest BCUT2D eigenvalue weighted by atomic mass is 19.3. The molecule has 11 rings (SSSR count). The minimum absolute atomic E-state index is 0.0414. The van der Waals surface area contributed by atoms with Gasteiger partial charge in [-0.3, -0.25) is 38.4 Å². The molecule has 1 unspecified atom stereocenters. The number of imide groups is 1. The number of aryl methyl sites for hydroxylation is 1. The first kappa shape index (κ1) is 42.8. The van der Waals surface area contributed by atoms with Gasteiger partial charge >= 0.3 is 5.69 Å². The van der Waals surface area contributed by atoms with E-state index in [4.69, 9.17) is 14.5 Å². The maximum atomic E-state index is 15.6. The van der Waals surface area contributed by atoms with Crippen molar-refractivity contribution in [2.24, 2.45) is 18.9 Å². The van der Waals surface area contributed by atoms with Crippen molar-refractivity contribution in [2.45, 2.75) is 94.3 Å². The van der Waals surface area contributed by atoms with Crippen molar-refractivity contribution in [3.63, 3.8) is 0 Å². The Morgan fingerprint density at radius 1 is 1.02 bits per heavy atom. The van der Waals surface area contributed by atoms with Crippen LogP contribution in [0.2, 0.25) is 0 Å². The Balaban J connectivity index is 0.646. The molecule has 18 nitrogen and oxygen atoms in total. The summed E-state index contributed by atoms with van der Waals surface area (Å²) in [5, 5.41) is 13.6. The number of ether oxygens (including phenoxy) is 2. The standard InChI is InChI=1S/C45H53F3N12O6/c1-54-40-33(3-2-4-34(40)60(45(54)64)35-9-10-38(61)52-44(35)63)56-18-26(19-56)23-66-36-11-13-55(21-31(36)46)17-25-5-7-27(8-6-25)59-22-32(39(53-59)41(47)48)50-43(62)30-16-49-58-14-12-37(51-42(30)58)57-20-29-15-28(57)24-65-29/h2-4,12,14,16,22,25-29,31,35-36,41H,5-11,13,15,17-21,23-24H2,1H3,(H,50,62)(H,52,61,63)/t25?,27?,28-,29-,31+,35?,36+/m1/s1. The number of carbonyl (C=O) groups excluding carboxylic acids is 3. The molecule has 0 radical (unpaired) electrons. The summed E-state index contributed by atoms with van der Waals surface area (Å²) in [5.74, 6) is -0.158. The predicted octanol–water partition coefficient (Wildman–Crippen LogP) is 4.02. The van der Waals surface area contributed by atoms with Crippen LogP contribution in [0.3, 0.4) is 0 Å². The number of nitrogens with zero attached hydrogens (tertiary/aromatic N) is 10. The van der Waals surface area contributed by atoms with Crippen LogP contribution < -0.4 is 26.1 Å². The molecular weight excluding hydrogens is 862 g/mol. The third kappa shape index (κ3) is 7.80. The molecule has 2 N–H and O–H groups in total. The molecule has 1 saturated carbocycles. The Morgan fingerprint density at radius 3 is 2.59 bits per heavy atom. The van der Waals surface area contributed by atoms with E-state index < -0.39 is 42.3 Å². The number of hydrogen-bond donors (Lipinski definition) is 2. The third-order valence-corrected chi connectivity index (χ3v) is 14.7. The molecule has 6 fully saturated rings. The quantitative estimate of drug-likeness (QED) is 0.172. The van der Waals surface area contributed by atoms with Crippen molar-refractivity contribution in [2.75, 3.05) is 67.6 Å². The van der Waals surface area contributed by atoms with Gasteiger partial charge in [0.2, 0.25) is 11.8 Å². The van der Waals surface area contributed by atoms with Gasteiger partial charge in [-0.2, -0.15) is 10.2 Å². The lowest BCUT2D eigenvalue weighted by molar-refractivity contribution is -0.135. The van der Waals surface area contributed by atoms with E-state index in [0.29, 0.717) is 62.2 Å². The minimum Gasteiger partial charge on any atom is -0.375 e. The monoisotopic (exact) mass is 914 g/mol. The fourth-order valence-electron chi connectivity index (χ4n) is 11.2. The van der Waals surface area contributed by atoms with E-state index in [2.05, 4.69) is 35.5 Å². The molecule has 350 valence electrons. The summed E-state index contributed by atoms with van der Waals surface area (Å²) in [4.78, 5) is 62.6. The molecule has 6 aliphatic rings. The van der Waals surface area contributed by atoms with E-state index in [1.807, 2.05) is 24.3 Å². The van der Waals surface area contributed by atoms with Gasteiger partial charge in [-0.25, -0.2) is 27.5 Å². The number of fused-ring (bicyclic) bond motifs is 4. The number of nitrogens with one attached hydrogen (secondary N) is 2. The zero-order chi connectivity index (χ0) is 45.4. The minimum atomic E-state index is -2.89. The molecule has 21 heteroatoms. The smallest absolute Gasteiger partial charge is 0.329 e. The second-order valence-corrected chi connectivity index (χ2v) is 19.0. The van der Waals surface area contributed by atoms with Crippen molar-refractivity contribution in [1.29, 1.82) is 0 Å². The lowest BCUT2D eigenvalue weighted by Crippen LogP contribution is -2.51. The number of carbonyl (C=O) groups is 3. The van der Waals surface area contributed by atoms with Gasteiger partial charge in [0, 0.05) is 71.0 Å². The Bertz CT molecular complexity index is 2740. The molecule has 5 atom stereocenters. The van der Waals surface area contributed by atoms with Gasteiger partial charge < -0.3 is 24.6 Å². The Labute approximate surface area is 377 Å². The van der Waals surface area contributed by atoms with Crippen LogP contribution in [0.5, 0.6) is 0 Å². The number of hydrogen-bond acceptors (Lipinski definition) is 12. The average Bonchev–Trinajstić information content (AvgIpc) is 4.14. The summed E-state index contributed by atoms with van der Waals surface area (Å²) >= 11 is 0. The van der Waals surface area contributed by atoms with Crippen molar-refractivity contribution in [3.8, 4) is 0 Å². The van der Waals surface area contributed by atoms with Gasteiger partial charge in [0.05, 0.1) is 66.1 Å². The SMILES string of the molecule is Cn1c(=O)n(C2CCC(=O)NC2=O)c2cccc(N3CC(CO[C@H]4CCN(CC5CCC(n6cc(NC(=O)c7cnn8ccc(N9C[C@H]%10C[C@@H]9CO%10)nc78)c(C(F)F)n6)CC5)C[C@@H]4F)C3)c21. The first-order valence-corrected chi connectivity index (χ1v) is 23.1. The van der Waals surface area contributed by atoms with Gasteiger partial charge in [0.25, 0.3) is 12.3 Å². The fraction of sp³-hybridized carbons (Fsp3) is 0.578. The highest BCUT2D eigenvalue weighted by Crippen LogP contribution is 2.38. The molecule has 5 aliphatic heterocycles. The summed E-state index contributed by atoms with van der Waals surface area (Å²) in [6, 6.07) is 6.86. The van der Waals surface area contributed by atoms with Gasteiger partial charge in [0.15, 0.2) is 11.3 Å². The Morgan fingerprint density at radius 2 is 1.85 bits per heavy atom. The molecule has 0 spiro atoms. The molecule has 1 aromatic carbocycles. The van der Waals surface area contributed by atoms with E-state index in [0.717, 1.165) is 62.9 Å². The summed E-state index contributed by atoms with van der Waals surface area (Å²) in [6.45, 7) is 4.92. The summed E-state index contributed by atoms with van der Waals surface area (Å²) in [6.07, 6.45) is 5.38. The van der Waals surface area contributed by atoms with E-state index in [9.17, 15) is 28.0 Å². The molecule has 5 saturated heterocycles. The van der Waals surface area contributed by atoms with Crippen molar-refractivity contribution in [3.05, 3.63) is 64.6 Å². The molecule has 9 heterocycles. The Kier molecular flexibility index (Phi) is 11.1. The zero-order valence-corrected chi connectivity index (χ0v) is 36.6. The first-order valence-electron chi connectivity index (χ1n) is 23.1. The van der Waals surface area contributed by atoms with Crippen molar-refractivity contribution >= 4 is 51.6 Å². The number of piperidine rings is 2. The van der Waals surface area contributed by atoms with Crippen LogP contribution in [-0.2, 0) is 26.1 Å². The number of para-hydroxylation sites is 1. The maximum absolute atomic E-state index is 15.6. The van der Waals surface area contributed by atoms with E-state index >= 15 is 4.39 Å². The maximum Gasteiger partial charge on any atom is 0.329 e. The number of aromatic nitrogens is 7. The van der Waals surface area contributed by atoms with Crippen LogP contribution in [0.4, 0.5) is 30.4 Å². The molecule has 3 amide bonds. The summed E-state index contributed by atoms with van der Waals surface area (Å²) in [7, 11) is 1.69. The molecule has 5 aromatic rings. The van der Waals surface area contributed by atoms with Crippen LogP contribution in [0.25, 0.3) is 16.7 Å². The highest BCUT2D eigenvalue weighted by Gasteiger charge is 2.41. The lowest BCUT2D eigenvalue weighted by Gasteiger charge is -2.43. The average molecular weight is 915 g/mol. The number of rotatable bonds is 12. The number of likely N-dealkylation sites (tertiary alicyclic amines) is 1. The van der Waals surface area contributed by atoms with Gasteiger partial charge in [-0.05, 0) is 69.1 Å². The molecule has 4 aromatic heterocycles. The summed E-state index contributed by atoms with van der Waals surface area (Å²) in [5.41, 5.74) is 1.91. The predicted molar refractivity (Wildman–Crippen MR) is 235 cm³/mol. The zero-order valence-electron chi connectivity index (χ0n) is 36.6. The van der Waals surface area contributed by atoms with Crippen LogP contribution in [0.15, 0.2) is 47.7 Å². The first-order chi connectivity index (χ1) is 31.9. The van der Waals surface area contributed by atoms with Crippen molar-refractivity contribution in [1.82, 2.24) is 43.7 Å². The second-order valence-electron chi connectivity index (χ2n) is 19.0. The molecule has 1 aliphatic carbocycles. The molecule has 2 bridgehead atoms. The van der Waals surface area contributed by atoms with Gasteiger partial charge in [-0.15, -0.1) is 0 Å². The Hall–Kier alpha value is -5.80. The largest absolute Gasteiger partial charge is 0.375 e. The van der Waals surface area contributed by atoms with Crippen LogP contribution >= 0.6 is 0 Å². The fourth-order valence-corrected chi connectivity index (χ4v) is 11.2. The number of halogens is 3. The van der Waals surface area contributed by atoms with Crippen molar-refractivity contribution < 1.29 is 37.0 Å². The number of imidazole rings is 1. The highest BCUT2D eigenvalue weighted by molar-refractivity contribution is 6.08. The van der Waals surface area contributed by atoms with Gasteiger partial charge in [0.1, 0.15) is 23.6 Å². The molecule has 66 heavy (non-hydrogen) atoms. The number of anilines is 3. The van der Waals surface area contributed by atoms with E-state index in [-0.39, 0.29) is 59.8 Å². The van der Waals surface area contributed by atoms with Gasteiger partial charge in [-0.1, -0.05) is 6.07 Å². The number of benzene rings is 1. The number of amides is 3. The van der Waals surface area contributed by atoms with E-state index in [1.165, 1.54) is 21.5 Å². The topological polar surface area (TPSA) is 178 Å².